The van der Waals surface area contributed by atoms with E-state index in [-0.39, 0.29) is 12.2 Å². The highest BCUT2D eigenvalue weighted by Crippen LogP contribution is 2.19. The number of rotatable bonds is 5. The predicted molar refractivity (Wildman–Crippen MR) is 94.4 cm³/mol. The van der Waals surface area contributed by atoms with E-state index in [2.05, 4.69) is 10.9 Å². The molecular weight excluding hydrogens is 369 g/mol. The van der Waals surface area contributed by atoms with Crippen molar-refractivity contribution in [3.63, 3.8) is 0 Å². The minimum absolute atomic E-state index is 0.0119. The molecule has 4 amide bonds. The lowest BCUT2D eigenvalue weighted by atomic mass is 9.98. The standard InChI is InChI=1S/C19H16FN3O5/c20-14-7-3-4-8-15(14)28-11-17(25)22-21-16(24)10-23-18(26)9-12-5-1-2-6-13(12)19(23)27/h1-8H,9-11H2,(H,21,24)(H,22,25). The van der Waals surface area contributed by atoms with Gasteiger partial charge in [0.15, 0.2) is 18.2 Å². The van der Waals surface area contributed by atoms with Gasteiger partial charge < -0.3 is 4.74 Å². The van der Waals surface area contributed by atoms with Crippen molar-refractivity contribution >= 4 is 23.6 Å². The molecule has 0 fully saturated rings. The van der Waals surface area contributed by atoms with E-state index in [1.807, 2.05) is 0 Å². The Labute approximate surface area is 159 Å². The molecule has 2 aromatic carbocycles. The fourth-order valence-electron chi connectivity index (χ4n) is 2.62. The number of carbonyl (C=O) groups is 4. The lowest BCUT2D eigenvalue weighted by molar-refractivity contribution is -0.135. The summed E-state index contributed by atoms with van der Waals surface area (Å²) in [7, 11) is 0. The van der Waals surface area contributed by atoms with Crippen molar-refractivity contribution in [2.24, 2.45) is 0 Å². The van der Waals surface area contributed by atoms with Crippen LogP contribution in [0.5, 0.6) is 5.75 Å². The lowest BCUT2D eigenvalue weighted by Gasteiger charge is -2.26. The first-order valence-corrected chi connectivity index (χ1v) is 8.33. The molecule has 9 heteroatoms. The molecule has 1 heterocycles. The largest absolute Gasteiger partial charge is 0.481 e. The van der Waals surface area contributed by atoms with Gasteiger partial charge in [-0.1, -0.05) is 30.3 Å². The number of amides is 4. The fourth-order valence-corrected chi connectivity index (χ4v) is 2.62. The number of hydrazine groups is 1. The van der Waals surface area contributed by atoms with Gasteiger partial charge in [0.05, 0.1) is 6.42 Å². The van der Waals surface area contributed by atoms with E-state index in [9.17, 15) is 23.6 Å². The Hall–Kier alpha value is -3.75. The molecule has 0 atom stereocenters. The van der Waals surface area contributed by atoms with Crippen molar-refractivity contribution in [3.05, 3.63) is 65.5 Å². The van der Waals surface area contributed by atoms with Crippen molar-refractivity contribution in [3.8, 4) is 5.75 Å². The maximum atomic E-state index is 13.4. The fraction of sp³-hybridized carbons (Fsp3) is 0.158. The first kappa shape index (κ1) is 19.0. The molecule has 0 saturated carbocycles. The highest BCUT2D eigenvalue weighted by molar-refractivity contribution is 6.11. The number of hydrogen-bond acceptors (Lipinski definition) is 5. The molecule has 0 aliphatic carbocycles. The first-order chi connectivity index (χ1) is 13.5. The third-order valence-electron chi connectivity index (χ3n) is 3.97. The summed E-state index contributed by atoms with van der Waals surface area (Å²) in [6.45, 7) is -1.07. The van der Waals surface area contributed by atoms with Gasteiger partial charge in [-0.05, 0) is 23.8 Å². The second-order valence-electron chi connectivity index (χ2n) is 5.93. The maximum Gasteiger partial charge on any atom is 0.276 e. The minimum Gasteiger partial charge on any atom is -0.481 e. The second-order valence-corrected chi connectivity index (χ2v) is 5.93. The molecule has 0 unspecified atom stereocenters. The number of benzene rings is 2. The molecule has 0 spiro atoms. The monoisotopic (exact) mass is 385 g/mol. The summed E-state index contributed by atoms with van der Waals surface area (Å²) in [6, 6.07) is 12.2. The van der Waals surface area contributed by atoms with E-state index in [4.69, 9.17) is 4.74 Å². The van der Waals surface area contributed by atoms with Crippen LogP contribution in [0.1, 0.15) is 15.9 Å². The quantitative estimate of drug-likeness (QED) is 0.579. The van der Waals surface area contributed by atoms with Gasteiger partial charge in [0.1, 0.15) is 6.54 Å². The lowest BCUT2D eigenvalue weighted by Crippen LogP contribution is -2.51. The smallest absolute Gasteiger partial charge is 0.276 e. The molecule has 8 nitrogen and oxygen atoms in total. The van der Waals surface area contributed by atoms with Gasteiger partial charge in [0.25, 0.3) is 17.7 Å². The molecule has 2 N–H and O–H groups in total. The SMILES string of the molecule is O=C(COc1ccccc1F)NNC(=O)CN1C(=O)Cc2ccccc2C1=O. The molecule has 28 heavy (non-hydrogen) atoms. The summed E-state index contributed by atoms with van der Waals surface area (Å²) in [6.07, 6.45) is 0.0119. The molecule has 0 radical (unpaired) electrons. The maximum absolute atomic E-state index is 13.4. The zero-order valence-corrected chi connectivity index (χ0v) is 14.6. The van der Waals surface area contributed by atoms with Crippen molar-refractivity contribution in [1.29, 1.82) is 0 Å². The van der Waals surface area contributed by atoms with Crippen LogP contribution in [0.15, 0.2) is 48.5 Å². The van der Waals surface area contributed by atoms with Gasteiger partial charge in [0, 0.05) is 5.56 Å². The Kier molecular flexibility index (Phi) is 5.64. The van der Waals surface area contributed by atoms with Gasteiger partial charge in [-0.15, -0.1) is 0 Å². The third-order valence-corrected chi connectivity index (χ3v) is 3.97. The van der Waals surface area contributed by atoms with Crippen LogP contribution in [-0.4, -0.2) is 41.7 Å². The first-order valence-electron chi connectivity index (χ1n) is 8.33. The van der Waals surface area contributed by atoms with Crippen LogP contribution in [0, 0.1) is 5.82 Å². The number of ether oxygens (including phenoxy) is 1. The van der Waals surface area contributed by atoms with Gasteiger partial charge in [-0.25, -0.2) is 4.39 Å². The summed E-state index contributed by atoms with van der Waals surface area (Å²) in [5, 5.41) is 0. The van der Waals surface area contributed by atoms with E-state index in [1.165, 1.54) is 18.2 Å². The number of para-hydroxylation sites is 1. The number of fused-ring (bicyclic) bond motifs is 1. The minimum atomic E-state index is -0.764. The molecule has 2 aromatic rings. The predicted octanol–water partition coefficient (Wildman–Crippen LogP) is 0.577. The van der Waals surface area contributed by atoms with E-state index in [0.29, 0.717) is 11.1 Å². The Morgan fingerprint density at radius 2 is 1.68 bits per heavy atom. The summed E-state index contributed by atoms with van der Waals surface area (Å²) < 4.78 is 18.4. The van der Waals surface area contributed by atoms with E-state index < -0.39 is 42.6 Å². The Morgan fingerprint density at radius 3 is 2.46 bits per heavy atom. The summed E-state index contributed by atoms with van der Waals surface area (Å²) in [5.74, 6) is -3.31. The molecule has 3 rings (SSSR count). The summed E-state index contributed by atoms with van der Waals surface area (Å²) in [5.41, 5.74) is 5.13. The Morgan fingerprint density at radius 1 is 1.00 bits per heavy atom. The van der Waals surface area contributed by atoms with E-state index in [1.54, 1.807) is 30.3 Å². The molecule has 0 saturated heterocycles. The van der Waals surface area contributed by atoms with Crippen LogP contribution in [-0.2, 0) is 20.8 Å². The average Bonchev–Trinajstić information content (AvgIpc) is 2.69. The topological polar surface area (TPSA) is 105 Å². The van der Waals surface area contributed by atoms with Crippen LogP contribution in [0.25, 0.3) is 0 Å². The molecule has 144 valence electrons. The molecule has 1 aliphatic rings. The van der Waals surface area contributed by atoms with Crippen LogP contribution in [0.4, 0.5) is 4.39 Å². The van der Waals surface area contributed by atoms with Gasteiger partial charge in [0.2, 0.25) is 5.91 Å². The van der Waals surface area contributed by atoms with Crippen LogP contribution in [0.3, 0.4) is 0 Å². The van der Waals surface area contributed by atoms with E-state index >= 15 is 0 Å². The summed E-state index contributed by atoms with van der Waals surface area (Å²) in [4.78, 5) is 49.0. The van der Waals surface area contributed by atoms with Crippen molar-refractivity contribution in [2.45, 2.75) is 6.42 Å². The normalized spacial score (nSPS) is 13.0. The zero-order chi connectivity index (χ0) is 20.1. The Balaban J connectivity index is 1.49. The third kappa shape index (κ3) is 4.32. The molecule has 0 aromatic heterocycles. The second kappa shape index (κ2) is 8.30. The number of carbonyl (C=O) groups excluding carboxylic acids is 4. The molecular formula is C19H16FN3O5. The van der Waals surface area contributed by atoms with Crippen molar-refractivity contribution in [1.82, 2.24) is 15.8 Å². The number of halogens is 1. The zero-order valence-electron chi connectivity index (χ0n) is 14.6. The van der Waals surface area contributed by atoms with Crippen LogP contribution >= 0.6 is 0 Å². The van der Waals surface area contributed by atoms with Gasteiger partial charge in [-0.3, -0.25) is 34.9 Å². The molecule has 0 bridgehead atoms. The van der Waals surface area contributed by atoms with Gasteiger partial charge in [-0.2, -0.15) is 0 Å². The average molecular weight is 385 g/mol. The van der Waals surface area contributed by atoms with Crippen molar-refractivity contribution in [2.75, 3.05) is 13.2 Å². The van der Waals surface area contributed by atoms with Crippen LogP contribution in [0.2, 0.25) is 0 Å². The highest BCUT2D eigenvalue weighted by atomic mass is 19.1. The Bertz CT molecular complexity index is 947. The number of nitrogens with zero attached hydrogens (tertiary/aromatic N) is 1. The summed E-state index contributed by atoms with van der Waals surface area (Å²) >= 11 is 0. The van der Waals surface area contributed by atoms with E-state index in [0.717, 1.165) is 4.90 Å². The van der Waals surface area contributed by atoms with Crippen LogP contribution < -0.4 is 15.6 Å². The van der Waals surface area contributed by atoms with Gasteiger partial charge >= 0.3 is 0 Å². The number of imide groups is 1. The number of nitrogens with one attached hydrogen (secondary N) is 2. The highest BCUT2D eigenvalue weighted by Gasteiger charge is 2.31. The molecule has 1 aliphatic heterocycles. The van der Waals surface area contributed by atoms with Crippen molar-refractivity contribution < 1.29 is 28.3 Å². The number of hydrogen-bond donors (Lipinski definition) is 2.